The Morgan fingerprint density at radius 1 is 1.12 bits per heavy atom. The minimum atomic E-state index is -0.0336. The fourth-order valence-electron chi connectivity index (χ4n) is 3.60. The molecule has 1 unspecified atom stereocenters. The number of nitrogens with zero attached hydrogens (tertiary/aromatic N) is 4. The fraction of sp³-hybridized carbons (Fsp3) is 0.240. The Labute approximate surface area is 202 Å². The molecule has 0 N–H and O–H groups in total. The summed E-state index contributed by atoms with van der Waals surface area (Å²) < 4.78 is 13.5. The monoisotopic (exact) mass is 482 g/mol. The van der Waals surface area contributed by atoms with Crippen LogP contribution in [0.5, 0.6) is 5.75 Å². The van der Waals surface area contributed by atoms with Crippen LogP contribution in [0.2, 0.25) is 5.02 Å². The van der Waals surface area contributed by atoms with Crippen LogP contribution in [0.4, 0.5) is 0 Å². The van der Waals surface area contributed by atoms with Crippen LogP contribution in [-0.4, -0.2) is 32.7 Å². The minimum Gasteiger partial charge on any atom is -0.495 e. The van der Waals surface area contributed by atoms with Crippen molar-refractivity contribution in [2.75, 3.05) is 13.0 Å². The third-order valence-electron chi connectivity index (χ3n) is 5.27. The molecule has 0 saturated carbocycles. The number of alkyl halides is 1. The summed E-state index contributed by atoms with van der Waals surface area (Å²) in [7, 11) is 1.65. The number of aromatic nitrogens is 4. The van der Waals surface area contributed by atoms with E-state index in [1.807, 2.05) is 66.2 Å². The first-order valence-corrected chi connectivity index (χ1v) is 11.5. The summed E-state index contributed by atoms with van der Waals surface area (Å²) in [5.74, 6) is 2.27. The van der Waals surface area contributed by atoms with Crippen LogP contribution in [0.15, 0.2) is 59.4 Å². The molecule has 0 aliphatic carbocycles. The summed E-state index contributed by atoms with van der Waals surface area (Å²) in [6.45, 7) is 1.95. The molecule has 2 aromatic heterocycles. The molecule has 0 spiro atoms. The van der Waals surface area contributed by atoms with Gasteiger partial charge in [-0.2, -0.15) is 0 Å². The summed E-state index contributed by atoms with van der Waals surface area (Å²) >= 11 is 12.0. The molecule has 170 valence electrons. The smallest absolute Gasteiger partial charge is 0.240 e. The number of ether oxygens (including phenoxy) is 1. The Bertz CT molecular complexity index is 1230. The number of benzene rings is 2. The van der Waals surface area contributed by atoms with Crippen LogP contribution >= 0.6 is 23.2 Å². The molecule has 2 aromatic carbocycles. The van der Waals surface area contributed by atoms with Gasteiger partial charge in [-0.05, 0) is 61.2 Å². The van der Waals surface area contributed by atoms with Crippen LogP contribution in [0.25, 0.3) is 17.8 Å². The minimum absolute atomic E-state index is 0.0336. The lowest BCUT2D eigenvalue weighted by atomic mass is 9.94. The molecule has 4 aromatic rings. The average Bonchev–Trinajstić information content (AvgIpc) is 3.48. The Balaban J connectivity index is 1.54. The van der Waals surface area contributed by atoms with Crippen molar-refractivity contribution in [3.63, 3.8) is 0 Å². The van der Waals surface area contributed by atoms with Gasteiger partial charge in [0.25, 0.3) is 0 Å². The van der Waals surface area contributed by atoms with Crippen molar-refractivity contribution >= 4 is 35.4 Å². The second kappa shape index (κ2) is 10.7. The van der Waals surface area contributed by atoms with Gasteiger partial charge in [0.2, 0.25) is 11.8 Å². The zero-order valence-electron chi connectivity index (χ0n) is 18.4. The van der Waals surface area contributed by atoms with Gasteiger partial charge in [0.15, 0.2) is 0 Å². The van der Waals surface area contributed by atoms with Crippen LogP contribution < -0.4 is 4.74 Å². The highest BCUT2D eigenvalue weighted by Crippen LogP contribution is 2.30. The van der Waals surface area contributed by atoms with E-state index in [4.69, 9.17) is 32.4 Å². The summed E-state index contributed by atoms with van der Waals surface area (Å²) in [4.78, 5) is 4.28. The van der Waals surface area contributed by atoms with Crippen molar-refractivity contribution < 1.29 is 9.15 Å². The predicted octanol–water partition coefficient (Wildman–Crippen LogP) is 6.55. The summed E-state index contributed by atoms with van der Waals surface area (Å²) in [5.41, 5.74) is 3.87. The molecule has 0 radical (unpaired) electrons. The SMILES string of the molecule is COc1cc(/C=C/c2nnc(C(CCCCl)c3ccc(Cl)cc3)o2)ccc1-n1cnc(C)c1. The maximum Gasteiger partial charge on any atom is 0.240 e. The quantitative estimate of drug-likeness (QED) is 0.253. The molecular weight excluding hydrogens is 459 g/mol. The van der Waals surface area contributed by atoms with Gasteiger partial charge in [-0.15, -0.1) is 21.8 Å². The molecule has 8 heteroatoms. The van der Waals surface area contributed by atoms with Gasteiger partial charge in [0, 0.05) is 23.2 Å². The standard InChI is InChI=1S/C25H24Cl2N4O2/c1-17-15-31(16-28-17)22-11-5-18(14-23(22)32-2)6-12-24-29-30-25(33-24)21(4-3-13-26)19-7-9-20(27)10-8-19/h5-12,14-16,21H,3-4,13H2,1-2H3/b12-6+. The van der Waals surface area contributed by atoms with Gasteiger partial charge < -0.3 is 13.7 Å². The number of halogens is 2. The van der Waals surface area contributed by atoms with Gasteiger partial charge in [-0.1, -0.05) is 29.8 Å². The Kier molecular flexibility index (Phi) is 7.47. The van der Waals surface area contributed by atoms with Gasteiger partial charge in [-0.25, -0.2) is 4.98 Å². The largest absolute Gasteiger partial charge is 0.495 e. The van der Waals surface area contributed by atoms with Gasteiger partial charge in [0.05, 0.1) is 30.7 Å². The van der Waals surface area contributed by atoms with E-state index >= 15 is 0 Å². The van der Waals surface area contributed by atoms with Crippen LogP contribution in [0.3, 0.4) is 0 Å². The van der Waals surface area contributed by atoms with Gasteiger partial charge in [0.1, 0.15) is 5.75 Å². The van der Waals surface area contributed by atoms with E-state index in [-0.39, 0.29) is 5.92 Å². The molecule has 0 aliphatic rings. The molecular formula is C25H24Cl2N4O2. The van der Waals surface area contributed by atoms with E-state index in [1.54, 1.807) is 19.5 Å². The summed E-state index contributed by atoms with van der Waals surface area (Å²) in [6.07, 6.45) is 9.08. The molecule has 6 nitrogen and oxygen atoms in total. The van der Waals surface area contributed by atoms with E-state index in [9.17, 15) is 0 Å². The Hall–Kier alpha value is -3.09. The van der Waals surface area contributed by atoms with E-state index < -0.39 is 0 Å². The summed E-state index contributed by atoms with van der Waals surface area (Å²) in [5, 5.41) is 9.19. The molecule has 0 saturated heterocycles. The predicted molar refractivity (Wildman–Crippen MR) is 131 cm³/mol. The molecule has 0 fully saturated rings. The molecule has 4 rings (SSSR count). The lowest BCUT2D eigenvalue weighted by molar-refractivity contribution is 0.413. The van der Waals surface area contributed by atoms with E-state index in [0.717, 1.165) is 41.1 Å². The van der Waals surface area contributed by atoms with Crippen LogP contribution in [-0.2, 0) is 0 Å². The number of aryl methyl sites for hydroxylation is 1. The molecule has 33 heavy (non-hydrogen) atoms. The van der Waals surface area contributed by atoms with E-state index in [2.05, 4.69) is 15.2 Å². The van der Waals surface area contributed by atoms with Crippen molar-refractivity contribution in [2.24, 2.45) is 0 Å². The first-order chi connectivity index (χ1) is 16.1. The Morgan fingerprint density at radius 2 is 1.94 bits per heavy atom. The van der Waals surface area contributed by atoms with E-state index in [0.29, 0.717) is 22.7 Å². The lowest BCUT2D eigenvalue weighted by Crippen LogP contribution is -2.02. The third kappa shape index (κ3) is 5.64. The third-order valence-corrected chi connectivity index (χ3v) is 5.78. The number of hydrogen-bond donors (Lipinski definition) is 0. The van der Waals surface area contributed by atoms with Crippen molar-refractivity contribution in [3.8, 4) is 11.4 Å². The van der Waals surface area contributed by atoms with Gasteiger partial charge >= 0.3 is 0 Å². The van der Waals surface area contributed by atoms with E-state index in [1.165, 1.54) is 0 Å². The highest BCUT2D eigenvalue weighted by Gasteiger charge is 2.20. The molecule has 0 amide bonds. The molecule has 2 heterocycles. The molecule has 0 bridgehead atoms. The molecule has 1 atom stereocenters. The zero-order valence-corrected chi connectivity index (χ0v) is 19.9. The average molecular weight is 483 g/mol. The number of imidazole rings is 1. The van der Waals surface area contributed by atoms with Crippen molar-refractivity contribution in [2.45, 2.75) is 25.7 Å². The topological polar surface area (TPSA) is 66.0 Å². The van der Waals surface area contributed by atoms with Crippen molar-refractivity contribution in [1.82, 2.24) is 19.7 Å². The molecule has 0 aliphatic heterocycles. The lowest BCUT2D eigenvalue weighted by Gasteiger charge is -2.12. The van der Waals surface area contributed by atoms with Crippen LogP contribution in [0, 0.1) is 6.92 Å². The van der Waals surface area contributed by atoms with Gasteiger partial charge in [-0.3, -0.25) is 0 Å². The van der Waals surface area contributed by atoms with Crippen molar-refractivity contribution in [3.05, 3.63) is 88.6 Å². The van der Waals surface area contributed by atoms with Crippen molar-refractivity contribution in [1.29, 1.82) is 0 Å². The maximum atomic E-state index is 6.04. The number of rotatable bonds is 9. The summed E-state index contributed by atoms with van der Waals surface area (Å²) in [6, 6.07) is 13.6. The fourth-order valence-corrected chi connectivity index (χ4v) is 3.88. The normalized spacial score (nSPS) is 12.4. The second-order valence-electron chi connectivity index (χ2n) is 7.60. The Morgan fingerprint density at radius 3 is 2.64 bits per heavy atom. The zero-order chi connectivity index (χ0) is 23.2. The first-order valence-electron chi connectivity index (χ1n) is 10.6. The maximum absolute atomic E-state index is 6.04. The highest BCUT2D eigenvalue weighted by atomic mass is 35.5. The first kappa shape index (κ1) is 23.1. The second-order valence-corrected chi connectivity index (χ2v) is 8.42. The number of hydrogen-bond acceptors (Lipinski definition) is 5. The highest BCUT2D eigenvalue weighted by molar-refractivity contribution is 6.30. The van der Waals surface area contributed by atoms with Crippen LogP contribution in [0.1, 0.15) is 47.4 Å². The number of methoxy groups -OCH3 is 1.